The molecule has 3 heteroatoms. The molecule has 3 radical (unpaired) electrons. The molecule has 0 spiro atoms. The van der Waals surface area contributed by atoms with Crippen LogP contribution in [0.3, 0.4) is 0 Å². The molecule has 1 aliphatic carbocycles. The van der Waals surface area contributed by atoms with Crippen molar-refractivity contribution in [3.05, 3.63) is 0 Å². The van der Waals surface area contributed by atoms with Gasteiger partial charge in [-0.1, -0.05) is 47.0 Å². The maximum atomic E-state index is 6.72. The smallest absolute Gasteiger partial charge is 0.0877 e. The molecule has 0 aromatic carbocycles. The summed E-state index contributed by atoms with van der Waals surface area (Å²) in [6, 6.07) is 0. The molecule has 1 saturated carbocycles. The van der Waals surface area contributed by atoms with Crippen LogP contribution in [0.5, 0.6) is 0 Å². The van der Waals surface area contributed by atoms with Gasteiger partial charge in [0.15, 0.2) is 0 Å². The predicted octanol–water partition coefficient (Wildman–Crippen LogP) is 4.35. The van der Waals surface area contributed by atoms with Crippen molar-refractivity contribution >= 4 is 8.41 Å². The maximum Gasteiger partial charge on any atom is 0.0877 e. The third kappa shape index (κ3) is 2.80. The second kappa shape index (κ2) is 7.08. The van der Waals surface area contributed by atoms with Crippen LogP contribution in [0.25, 0.3) is 0 Å². The van der Waals surface area contributed by atoms with Gasteiger partial charge in [-0.25, -0.2) is 0 Å². The summed E-state index contributed by atoms with van der Waals surface area (Å²) in [4.78, 5) is 2.81. The first-order chi connectivity index (χ1) is 10.5. The van der Waals surface area contributed by atoms with E-state index < -0.39 is 0 Å². The van der Waals surface area contributed by atoms with Crippen LogP contribution in [0, 0.1) is 23.7 Å². The van der Waals surface area contributed by atoms with Crippen molar-refractivity contribution in [2.24, 2.45) is 23.7 Å². The van der Waals surface area contributed by atoms with Crippen molar-refractivity contribution in [2.75, 3.05) is 19.7 Å². The van der Waals surface area contributed by atoms with Crippen LogP contribution in [0.15, 0.2) is 0 Å². The van der Waals surface area contributed by atoms with Crippen LogP contribution in [0.1, 0.15) is 73.1 Å². The summed E-state index contributed by atoms with van der Waals surface area (Å²) in [6.07, 6.45) is 8.04. The summed E-state index contributed by atoms with van der Waals surface area (Å²) in [6.45, 7) is 15.6. The molecule has 0 N–H and O–H groups in total. The molecule has 0 unspecified atom stereocenters. The lowest BCUT2D eigenvalue weighted by molar-refractivity contribution is -0.103. The number of hydrogen-bond acceptors (Lipinski definition) is 2. The molecule has 3 aliphatic rings. The predicted molar refractivity (Wildman–Crippen MR) is 98.8 cm³/mol. The molecule has 131 valence electrons. The largest absolute Gasteiger partial charge is 0.373 e. The average molecular weight is 318 g/mol. The van der Waals surface area contributed by atoms with Crippen LogP contribution in [-0.4, -0.2) is 44.1 Å². The topological polar surface area (TPSA) is 12.5 Å². The molecular formula is C20H37BNO. The Hall–Kier alpha value is -0.0151. The molecule has 23 heavy (non-hydrogen) atoms. The van der Waals surface area contributed by atoms with E-state index in [-0.39, 0.29) is 14.0 Å². The van der Waals surface area contributed by atoms with E-state index in [1.165, 1.54) is 51.6 Å². The highest BCUT2D eigenvalue weighted by Gasteiger charge is 2.69. The van der Waals surface area contributed by atoms with Crippen LogP contribution in [-0.2, 0) is 4.74 Å². The van der Waals surface area contributed by atoms with Crippen molar-refractivity contribution in [1.29, 1.82) is 0 Å². The molecule has 0 aromatic rings. The Morgan fingerprint density at radius 2 is 1.91 bits per heavy atom. The van der Waals surface area contributed by atoms with Gasteiger partial charge in [-0.15, -0.1) is 0 Å². The summed E-state index contributed by atoms with van der Waals surface area (Å²) >= 11 is 0. The fraction of sp³-hybridized carbons (Fsp3) is 1.00. The number of rotatable bonds is 7. The maximum absolute atomic E-state index is 6.72. The second-order valence-electron chi connectivity index (χ2n) is 8.84. The second-order valence-corrected chi connectivity index (χ2v) is 8.84. The van der Waals surface area contributed by atoms with Crippen molar-refractivity contribution in [2.45, 2.75) is 84.3 Å². The minimum Gasteiger partial charge on any atom is -0.373 e. The highest BCUT2D eigenvalue weighted by atomic mass is 16.5. The lowest BCUT2D eigenvalue weighted by Gasteiger charge is -2.41. The van der Waals surface area contributed by atoms with Gasteiger partial charge in [-0.2, -0.15) is 0 Å². The molecule has 0 aromatic heterocycles. The summed E-state index contributed by atoms with van der Waals surface area (Å²) in [7, 11) is 0. The van der Waals surface area contributed by atoms with Gasteiger partial charge in [0.05, 0.1) is 5.60 Å². The van der Waals surface area contributed by atoms with E-state index in [2.05, 4.69) is 39.5 Å². The number of nitrogens with zero attached hydrogens (tertiary/aromatic N) is 1. The number of hydrogen-bond donors (Lipinski definition) is 0. The summed E-state index contributed by atoms with van der Waals surface area (Å²) in [5.41, 5.74) is 0.545. The molecule has 2 aliphatic heterocycles. The standard InChI is InChI=1S/C20H37NO.B/c1-6-7-8-9-12-22-20(15(2)3)14-21-13-16(4)17-10-11-18(20)19(17,21)5;/h15-18H,6-14H2,1-5H3;/t16-,17+,18+,19-,20+;/m1./s1. The summed E-state index contributed by atoms with van der Waals surface area (Å²) in [5.74, 6) is 3.16. The Morgan fingerprint density at radius 3 is 2.57 bits per heavy atom. The van der Waals surface area contributed by atoms with Crippen molar-refractivity contribution in [3.63, 3.8) is 0 Å². The molecule has 0 bridgehead atoms. The minimum absolute atomic E-state index is 0. The molecular weight excluding hydrogens is 281 g/mol. The summed E-state index contributed by atoms with van der Waals surface area (Å²) in [5, 5.41) is 0. The Morgan fingerprint density at radius 1 is 1.17 bits per heavy atom. The van der Waals surface area contributed by atoms with Gasteiger partial charge in [0.2, 0.25) is 0 Å². The van der Waals surface area contributed by atoms with Gasteiger partial charge >= 0.3 is 0 Å². The van der Waals surface area contributed by atoms with Gasteiger partial charge in [0.25, 0.3) is 0 Å². The Labute approximate surface area is 146 Å². The van der Waals surface area contributed by atoms with E-state index in [0.717, 1.165) is 24.4 Å². The first kappa shape index (κ1) is 19.3. The SMILES string of the molecule is CCCCCCO[C@]1(C(C)C)CN2C[C@@H](C)[C@@H]3CC[C@H]1[C@@]32C.[B]. The van der Waals surface area contributed by atoms with E-state index in [1.54, 1.807) is 0 Å². The lowest BCUT2D eigenvalue weighted by Crippen LogP contribution is -2.48. The minimum atomic E-state index is 0. The zero-order valence-electron chi connectivity index (χ0n) is 16.1. The van der Waals surface area contributed by atoms with Crippen molar-refractivity contribution < 1.29 is 4.74 Å². The van der Waals surface area contributed by atoms with E-state index in [0.29, 0.717) is 11.5 Å². The van der Waals surface area contributed by atoms with E-state index in [4.69, 9.17) is 4.74 Å². The zero-order valence-corrected chi connectivity index (χ0v) is 16.1. The average Bonchev–Trinajstić information content (AvgIpc) is 3.02. The number of ether oxygens (including phenoxy) is 1. The fourth-order valence-electron chi connectivity index (χ4n) is 6.25. The molecule has 2 saturated heterocycles. The number of unbranched alkanes of at least 4 members (excludes halogenated alkanes) is 3. The normalized spacial score (nSPS) is 42.3. The van der Waals surface area contributed by atoms with E-state index >= 15 is 0 Å². The lowest BCUT2D eigenvalue weighted by atomic mass is 9.72. The van der Waals surface area contributed by atoms with Crippen LogP contribution < -0.4 is 0 Å². The van der Waals surface area contributed by atoms with Crippen LogP contribution >= 0.6 is 0 Å². The van der Waals surface area contributed by atoms with Crippen molar-refractivity contribution in [1.82, 2.24) is 4.90 Å². The Kier molecular flexibility index (Phi) is 5.94. The molecule has 0 amide bonds. The molecule has 3 fully saturated rings. The zero-order chi connectivity index (χ0) is 16.0. The first-order valence-electron chi connectivity index (χ1n) is 9.85. The van der Waals surface area contributed by atoms with E-state index in [9.17, 15) is 0 Å². The Balaban J connectivity index is 0.00000192. The fourth-order valence-corrected chi connectivity index (χ4v) is 6.25. The highest BCUT2D eigenvalue weighted by Crippen LogP contribution is 2.62. The quantitative estimate of drug-likeness (QED) is 0.511. The molecule has 2 nitrogen and oxygen atoms in total. The highest BCUT2D eigenvalue weighted by molar-refractivity contribution is 5.75. The monoisotopic (exact) mass is 318 g/mol. The summed E-state index contributed by atoms with van der Waals surface area (Å²) < 4.78 is 6.72. The van der Waals surface area contributed by atoms with Gasteiger partial charge in [-0.3, -0.25) is 4.90 Å². The van der Waals surface area contributed by atoms with Gasteiger partial charge < -0.3 is 4.74 Å². The molecule has 2 heterocycles. The van der Waals surface area contributed by atoms with Crippen LogP contribution in [0.4, 0.5) is 0 Å². The first-order valence-corrected chi connectivity index (χ1v) is 9.85. The third-order valence-corrected chi connectivity index (χ3v) is 7.47. The van der Waals surface area contributed by atoms with Gasteiger partial charge in [0, 0.05) is 39.6 Å². The molecule has 5 atom stereocenters. The van der Waals surface area contributed by atoms with Crippen molar-refractivity contribution in [3.8, 4) is 0 Å². The molecule has 3 rings (SSSR count). The van der Waals surface area contributed by atoms with E-state index in [1.807, 2.05) is 0 Å². The van der Waals surface area contributed by atoms with Crippen LogP contribution in [0.2, 0.25) is 0 Å². The van der Waals surface area contributed by atoms with Gasteiger partial charge in [-0.05, 0) is 43.9 Å². The third-order valence-electron chi connectivity index (χ3n) is 7.47. The Bertz CT molecular complexity index is 401. The van der Waals surface area contributed by atoms with Gasteiger partial charge in [0.1, 0.15) is 0 Å².